The number of rotatable bonds is 1. The van der Waals surface area contributed by atoms with E-state index in [4.69, 9.17) is 9.84 Å². The van der Waals surface area contributed by atoms with Crippen LogP contribution in [0.1, 0.15) is 18.1 Å². The van der Waals surface area contributed by atoms with Crippen LogP contribution in [-0.4, -0.2) is 22.9 Å². The van der Waals surface area contributed by atoms with E-state index in [-0.39, 0.29) is 12.7 Å². The SMILES string of the molecule is OCC1C[C@H](O)c2ccc(Br)cc2O1. The molecule has 0 aliphatic carbocycles. The van der Waals surface area contributed by atoms with Gasteiger partial charge in [0.05, 0.1) is 12.7 Å². The second-order valence-corrected chi connectivity index (χ2v) is 4.27. The maximum Gasteiger partial charge on any atom is 0.126 e. The number of ether oxygens (including phenoxy) is 1. The first-order valence-corrected chi connectivity index (χ1v) is 5.25. The minimum atomic E-state index is -0.538. The Bertz CT molecular complexity index is 340. The first-order valence-electron chi connectivity index (χ1n) is 4.45. The summed E-state index contributed by atoms with van der Waals surface area (Å²) in [6, 6.07) is 5.50. The summed E-state index contributed by atoms with van der Waals surface area (Å²) in [5.74, 6) is 0.650. The third-order valence-electron chi connectivity index (χ3n) is 2.32. The number of aliphatic hydroxyl groups is 2. The van der Waals surface area contributed by atoms with Crippen LogP contribution in [0.25, 0.3) is 0 Å². The van der Waals surface area contributed by atoms with E-state index in [9.17, 15) is 5.11 Å². The van der Waals surface area contributed by atoms with Crippen molar-refractivity contribution in [1.29, 1.82) is 0 Å². The molecule has 1 aromatic carbocycles. The van der Waals surface area contributed by atoms with E-state index in [1.54, 1.807) is 6.07 Å². The lowest BCUT2D eigenvalue weighted by molar-refractivity contribution is 0.0332. The van der Waals surface area contributed by atoms with Crippen molar-refractivity contribution in [3.8, 4) is 5.75 Å². The Morgan fingerprint density at radius 2 is 2.29 bits per heavy atom. The van der Waals surface area contributed by atoms with E-state index in [1.807, 2.05) is 12.1 Å². The Morgan fingerprint density at radius 1 is 1.50 bits per heavy atom. The Morgan fingerprint density at radius 3 is 3.00 bits per heavy atom. The fourth-order valence-electron chi connectivity index (χ4n) is 1.60. The predicted molar refractivity (Wildman–Crippen MR) is 55.2 cm³/mol. The molecule has 2 N–H and O–H groups in total. The summed E-state index contributed by atoms with van der Waals surface area (Å²) in [4.78, 5) is 0. The summed E-state index contributed by atoms with van der Waals surface area (Å²) in [5, 5.41) is 18.7. The molecule has 1 unspecified atom stereocenters. The van der Waals surface area contributed by atoms with E-state index < -0.39 is 6.10 Å². The van der Waals surface area contributed by atoms with Crippen molar-refractivity contribution < 1.29 is 14.9 Å². The monoisotopic (exact) mass is 258 g/mol. The van der Waals surface area contributed by atoms with Gasteiger partial charge in [0.25, 0.3) is 0 Å². The zero-order valence-corrected chi connectivity index (χ0v) is 9.07. The highest BCUT2D eigenvalue weighted by Crippen LogP contribution is 2.36. The van der Waals surface area contributed by atoms with Crippen LogP contribution >= 0.6 is 15.9 Å². The quantitative estimate of drug-likeness (QED) is 0.805. The molecule has 2 atom stereocenters. The molecule has 0 saturated carbocycles. The molecule has 0 bridgehead atoms. The number of benzene rings is 1. The average molecular weight is 259 g/mol. The van der Waals surface area contributed by atoms with Crippen molar-refractivity contribution in [2.24, 2.45) is 0 Å². The maximum absolute atomic E-state index is 9.75. The van der Waals surface area contributed by atoms with Crippen LogP contribution in [-0.2, 0) is 0 Å². The summed E-state index contributed by atoms with van der Waals surface area (Å²) in [6.07, 6.45) is -0.388. The first kappa shape index (κ1) is 9.96. The number of fused-ring (bicyclic) bond motifs is 1. The number of hydrogen-bond acceptors (Lipinski definition) is 3. The van der Waals surface area contributed by atoms with Gasteiger partial charge >= 0.3 is 0 Å². The second kappa shape index (κ2) is 3.88. The van der Waals surface area contributed by atoms with Gasteiger partial charge in [-0.2, -0.15) is 0 Å². The van der Waals surface area contributed by atoms with Gasteiger partial charge in [-0.1, -0.05) is 22.0 Å². The topological polar surface area (TPSA) is 49.7 Å². The molecular formula is C10H11BrO3. The fourth-order valence-corrected chi connectivity index (χ4v) is 1.94. The lowest BCUT2D eigenvalue weighted by atomic mass is 9.99. The molecule has 3 nitrogen and oxygen atoms in total. The van der Waals surface area contributed by atoms with Gasteiger partial charge in [-0.25, -0.2) is 0 Å². The Hall–Kier alpha value is -0.580. The summed E-state index contributed by atoms with van der Waals surface area (Å²) in [6.45, 7) is -0.0665. The third-order valence-corrected chi connectivity index (χ3v) is 2.81. The molecule has 0 spiro atoms. The van der Waals surface area contributed by atoms with Gasteiger partial charge < -0.3 is 14.9 Å². The Labute approximate surface area is 90.5 Å². The summed E-state index contributed by atoms with van der Waals surface area (Å²) in [7, 11) is 0. The minimum Gasteiger partial charge on any atom is -0.487 e. The van der Waals surface area contributed by atoms with Gasteiger partial charge in [0.15, 0.2) is 0 Å². The van der Waals surface area contributed by atoms with Crippen LogP contribution in [0.5, 0.6) is 5.75 Å². The summed E-state index contributed by atoms with van der Waals surface area (Å²) >= 11 is 3.33. The van der Waals surface area contributed by atoms with Crippen molar-refractivity contribution in [2.45, 2.75) is 18.6 Å². The smallest absolute Gasteiger partial charge is 0.126 e. The highest BCUT2D eigenvalue weighted by molar-refractivity contribution is 9.10. The molecule has 1 aliphatic rings. The minimum absolute atomic E-state index is 0.0665. The van der Waals surface area contributed by atoms with Crippen LogP contribution in [0.15, 0.2) is 22.7 Å². The molecule has 2 rings (SSSR count). The zero-order chi connectivity index (χ0) is 10.1. The molecule has 76 valence electrons. The van der Waals surface area contributed by atoms with Crippen molar-refractivity contribution in [3.63, 3.8) is 0 Å². The number of hydrogen-bond donors (Lipinski definition) is 2. The molecule has 0 fully saturated rings. The number of aliphatic hydroxyl groups excluding tert-OH is 2. The highest BCUT2D eigenvalue weighted by atomic mass is 79.9. The van der Waals surface area contributed by atoms with Crippen LogP contribution < -0.4 is 4.74 Å². The van der Waals surface area contributed by atoms with Crippen LogP contribution in [0.3, 0.4) is 0 Å². The van der Waals surface area contributed by atoms with Crippen LogP contribution in [0, 0.1) is 0 Å². The van der Waals surface area contributed by atoms with Crippen molar-refractivity contribution in [3.05, 3.63) is 28.2 Å². The predicted octanol–water partition coefficient (Wildman–Crippen LogP) is 1.63. The standard InChI is InChI=1S/C10H11BrO3/c11-6-1-2-8-9(13)4-7(5-12)14-10(8)3-6/h1-3,7,9,12-13H,4-5H2/t7?,9-/m0/s1. The molecule has 0 aromatic heterocycles. The van der Waals surface area contributed by atoms with Crippen molar-refractivity contribution >= 4 is 15.9 Å². The van der Waals surface area contributed by atoms with Crippen LogP contribution in [0.2, 0.25) is 0 Å². The van der Waals surface area contributed by atoms with E-state index in [0.717, 1.165) is 10.0 Å². The molecule has 1 aliphatic heterocycles. The number of halogens is 1. The molecule has 4 heteroatoms. The van der Waals surface area contributed by atoms with Gasteiger partial charge in [-0.3, -0.25) is 0 Å². The molecule has 0 amide bonds. The summed E-state index contributed by atoms with van der Waals surface area (Å²) < 4.78 is 6.40. The average Bonchev–Trinajstić information content (AvgIpc) is 2.16. The normalized spacial score (nSPS) is 25.4. The van der Waals surface area contributed by atoms with E-state index >= 15 is 0 Å². The Kier molecular flexibility index (Phi) is 2.76. The lowest BCUT2D eigenvalue weighted by Gasteiger charge is -2.28. The maximum atomic E-state index is 9.75. The third kappa shape index (κ3) is 1.78. The molecule has 0 saturated heterocycles. The largest absolute Gasteiger partial charge is 0.487 e. The van der Waals surface area contributed by atoms with Crippen molar-refractivity contribution in [1.82, 2.24) is 0 Å². The van der Waals surface area contributed by atoms with Gasteiger partial charge in [-0.05, 0) is 12.1 Å². The molecule has 0 radical (unpaired) electrons. The molecular weight excluding hydrogens is 248 g/mol. The molecule has 1 aromatic rings. The van der Waals surface area contributed by atoms with Gasteiger partial charge in [0, 0.05) is 16.5 Å². The van der Waals surface area contributed by atoms with Crippen molar-refractivity contribution in [2.75, 3.05) is 6.61 Å². The highest BCUT2D eigenvalue weighted by Gasteiger charge is 2.26. The van der Waals surface area contributed by atoms with E-state index in [1.165, 1.54) is 0 Å². The zero-order valence-electron chi connectivity index (χ0n) is 7.48. The molecule has 14 heavy (non-hydrogen) atoms. The molecule has 1 heterocycles. The van der Waals surface area contributed by atoms with Gasteiger partial charge in [0.2, 0.25) is 0 Å². The van der Waals surface area contributed by atoms with Gasteiger partial charge in [-0.15, -0.1) is 0 Å². The van der Waals surface area contributed by atoms with E-state index in [2.05, 4.69) is 15.9 Å². The second-order valence-electron chi connectivity index (χ2n) is 3.36. The Balaban J connectivity index is 2.35. The van der Waals surface area contributed by atoms with Crippen LogP contribution in [0.4, 0.5) is 0 Å². The summed E-state index contributed by atoms with van der Waals surface area (Å²) in [5.41, 5.74) is 0.790. The van der Waals surface area contributed by atoms with E-state index in [0.29, 0.717) is 12.2 Å². The first-order chi connectivity index (χ1) is 6.70. The fraction of sp³-hybridized carbons (Fsp3) is 0.400. The van der Waals surface area contributed by atoms with Gasteiger partial charge in [0.1, 0.15) is 11.9 Å². The lowest BCUT2D eigenvalue weighted by Crippen LogP contribution is -2.28.